The van der Waals surface area contributed by atoms with Crippen molar-refractivity contribution in [3.8, 4) is 11.8 Å². The molecule has 1 heteroatoms. The van der Waals surface area contributed by atoms with Gasteiger partial charge in [-0.25, -0.2) is 0 Å². The molecule has 0 saturated heterocycles. The fraction of sp³-hybridized carbons (Fsp3) is 0.800. The van der Waals surface area contributed by atoms with E-state index in [1.165, 1.54) is 12.8 Å². The molecule has 0 amide bonds. The molecule has 1 saturated carbocycles. The Balaban J connectivity index is 2.60. The summed E-state index contributed by atoms with van der Waals surface area (Å²) in [5.41, 5.74) is 0.0174. The van der Waals surface area contributed by atoms with E-state index in [0.717, 1.165) is 25.7 Å². The van der Waals surface area contributed by atoms with E-state index in [0.29, 0.717) is 18.1 Å². The quantitative estimate of drug-likeness (QED) is 0.641. The summed E-state index contributed by atoms with van der Waals surface area (Å²) in [5, 5.41) is 0. The maximum Gasteiger partial charge on any atom is 0.139 e. The monoisotopic (exact) mass is 220 g/mol. The van der Waals surface area contributed by atoms with E-state index in [4.69, 9.17) is 0 Å². The van der Waals surface area contributed by atoms with Crippen LogP contribution in [-0.4, -0.2) is 5.78 Å². The molecule has 1 aliphatic carbocycles. The molecule has 0 aromatic carbocycles. The van der Waals surface area contributed by atoms with E-state index in [1.807, 2.05) is 6.92 Å². The third-order valence-corrected chi connectivity index (χ3v) is 3.60. The lowest BCUT2D eigenvalue weighted by molar-refractivity contribution is -0.129. The first-order valence-corrected chi connectivity index (χ1v) is 6.53. The molecule has 0 N–H and O–H groups in total. The zero-order chi connectivity index (χ0) is 12.0. The minimum absolute atomic E-state index is 0.0174. The second-order valence-electron chi connectivity index (χ2n) is 5.44. The van der Waals surface area contributed by atoms with Gasteiger partial charge >= 0.3 is 0 Å². The standard InChI is InChI=1S/C15H24O/c1-4-5-6-9-14(16)15(12-13(2)3)10-7-8-11-15/h13H,6-12H2,1-3H3. The molecule has 90 valence electrons. The molecule has 0 aliphatic heterocycles. The fourth-order valence-electron chi connectivity index (χ4n) is 3.00. The van der Waals surface area contributed by atoms with Crippen LogP contribution in [0.5, 0.6) is 0 Å². The molecule has 16 heavy (non-hydrogen) atoms. The summed E-state index contributed by atoms with van der Waals surface area (Å²) in [7, 11) is 0. The van der Waals surface area contributed by atoms with Crippen molar-refractivity contribution in [3.63, 3.8) is 0 Å². The normalized spacial score (nSPS) is 18.2. The van der Waals surface area contributed by atoms with Crippen LogP contribution >= 0.6 is 0 Å². The Hall–Kier alpha value is -0.770. The van der Waals surface area contributed by atoms with E-state index in [-0.39, 0.29) is 5.41 Å². The molecule has 0 heterocycles. The molecular formula is C15H24O. The van der Waals surface area contributed by atoms with Gasteiger partial charge in [0.05, 0.1) is 0 Å². The van der Waals surface area contributed by atoms with Gasteiger partial charge in [0.2, 0.25) is 0 Å². The van der Waals surface area contributed by atoms with Gasteiger partial charge in [-0.2, -0.15) is 0 Å². The highest BCUT2D eigenvalue weighted by molar-refractivity contribution is 5.85. The lowest BCUT2D eigenvalue weighted by atomic mass is 9.74. The van der Waals surface area contributed by atoms with Crippen LogP contribution in [-0.2, 0) is 4.79 Å². The molecule has 1 aliphatic rings. The second kappa shape index (κ2) is 6.09. The summed E-state index contributed by atoms with van der Waals surface area (Å²) in [6.45, 7) is 6.28. The van der Waals surface area contributed by atoms with Crippen molar-refractivity contribution in [2.45, 2.75) is 65.7 Å². The van der Waals surface area contributed by atoms with Crippen molar-refractivity contribution in [1.29, 1.82) is 0 Å². The molecule has 0 aromatic heterocycles. The Morgan fingerprint density at radius 2 is 1.94 bits per heavy atom. The maximum absolute atomic E-state index is 12.3. The van der Waals surface area contributed by atoms with Crippen molar-refractivity contribution in [2.75, 3.05) is 0 Å². The van der Waals surface area contributed by atoms with Crippen LogP contribution in [0.25, 0.3) is 0 Å². The van der Waals surface area contributed by atoms with E-state index < -0.39 is 0 Å². The first-order valence-electron chi connectivity index (χ1n) is 6.53. The van der Waals surface area contributed by atoms with Crippen molar-refractivity contribution >= 4 is 5.78 Å². The van der Waals surface area contributed by atoms with Crippen LogP contribution in [0.1, 0.15) is 65.7 Å². The fourth-order valence-corrected chi connectivity index (χ4v) is 3.00. The summed E-state index contributed by atoms with van der Waals surface area (Å²) < 4.78 is 0. The highest BCUT2D eigenvalue weighted by Crippen LogP contribution is 2.44. The molecule has 1 fully saturated rings. The van der Waals surface area contributed by atoms with Crippen LogP contribution in [0, 0.1) is 23.2 Å². The zero-order valence-corrected chi connectivity index (χ0v) is 10.9. The van der Waals surface area contributed by atoms with Crippen molar-refractivity contribution in [2.24, 2.45) is 11.3 Å². The minimum Gasteiger partial charge on any atom is -0.299 e. The maximum atomic E-state index is 12.3. The summed E-state index contributed by atoms with van der Waals surface area (Å²) in [5.74, 6) is 6.96. The molecule has 0 unspecified atom stereocenters. The van der Waals surface area contributed by atoms with Crippen LogP contribution in [0.4, 0.5) is 0 Å². The number of rotatable bonds is 5. The largest absolute Gasteiger partial charge is 0.299 e. The topological polar surface area (TPSA) is 17.1 Å². The number of Topliss-reactive ketones (excluding diaryl/α,β-unsaturated/α-hetero) is 1. The van der Waals surface area contributed by atoms with Crippen LogP contribution in [0.15, 0.2) is 0 Å². The molecule has 1 nitrogen and oxygen atoms in total. The van der Waals surface area contributed by atoms with Crippen molar-refractivity contribution in [3.05, 3.63) is 0 Å². The molecule has 0 atom stereocenters. The van der Waals surface area contributed by atoms with Gasteiger partial charge in [-0.3, -0.25) is 4.79 Å². The Kier molecular flexibility index (Phi) is 5.06. The van der Waals surface area contributed by atoms with E-state index >= 15 is 0 Å². The molecule has 0 radical (unpaired) electrons. The van der Waals surface area contributed by atoms with Gasteiger partial charge in [0, 0.05) is 18.3 Å². The first-order chi connectivity index (χ1) is 7.60. The lowest BCUT2D eigenvalue weighted by Gasteiger charge is -2.29. The van der Waals surface area contributed by atoms with Crippen LogP contribution < -0.4 is 0 Å². The lowest BCUT2D eigenvalue weighted by Crippen LogP contribution is -2.29. The average Bonchev–Trinajstić information content (AvgIpc) is 2.67. The van der Waals surface area contributed by atoms with Gasteiger partial charge in [0.1, 0.15) is 5.78 Å². The van der Waals surface area contributed by atoms with Gasteiger partial charge in [-0.15, -0.1) is 11.8 Å². The van der Waals surface area contributed by atoms with Gasteiger partial charge in [-0.05, 0) is 32.1 Å². The predicted octanol–water partition coefficient (Wildman–Crippen LogP) is 3.97. The minimum atomic E-state index is 0.0174. The number of carbonyl (C=O) groups is 1. The van der Waals surface area contributed by atoms with Gasteiger partial charge in [-0.1, -0.05) is 26.7 Å². The Morgan fingerprint density at radius 3 is 2.44 bits per heavy atom. The molecule has 0 bridgehead atoms. The number of hydrogen-bond donors (Lipinski definition) is 0. The third kappa shape index (κ3) is 3.37. The molecule has 0 aromatic rings. The van der Waals surface area contributed by atoms with Crippen LogP contribution in [0.2, 0.25) is 0 Å². The number of carbonyl (C=O) groups excluding carboxylic acids is 1. The summed E-state index contributed by atoms with van der Waals surface area (Å²) in [4.78, 5) is 12.3. The molecular weight excluding hydrogens is 196 g/mol. The molecule has 0 spiro atoms. The number of ketones is 1. The van der Waals surface area contributed by atoms with Gasteiger partial charge in [0.15, 0.2) is 0 Å². The Bertz CT molecular complexity index is 284. The Morgan fingerprint density at radius 1 is 1.31 bits per heavy atom. The summed E-state index contributed by atoms with van der Waals surface area (Å²) >= 11 is 0. The second-order valence-corrected chi connectivity index (χ2v) is 5.44. The summed E-state index contributed by atoms with van der Waals surface area (Å²) in [6.07, 6.45) is 7.18. The smallest absolute Gasteiger partial charge is 0.139 e. The van der Waals surface area contributed by atoms with Gasteiger partial charge in [0.25, 0.3) is 0 Å². The number of hydrogen-bond acceptors (Lipinski definition) is 1. The molecule has 1 rings (SSSR count). The van der Waals surface area contributed by atoms with Crippen LogP contribution in [0.3, 0.4) is 0 Å². The third-order valence-electron chi connectivity index (χ3n) is 3.60. The summed E-state index contributed by atoms with van der Waals surface area (Å²) in [6, 6.07) is 0. The van der Waals surface area contributed by atoms with Crippen molar-refractivity contribution in [1.82, 2.24) is 0 Å². The SMILES string of the molecule is CC#CCCC(=O)C1(CC(C)C)CCCC1. The highest BCUT2D eigenvalue weighted by atomic mass is 16.1. The zero-order valence-electron chi connectivity index (χ0n) is 10.9. The Labute approximate surface area is 100 Å². The first kappa shape index (κ1) is 13.3. The highest BCUT2D eigenvalue weighted by Gasteiger charge is 2.40. The average molecular weight is 220 g/mol. The van der Waals surface area contributed by atoms with Crippen molar-refractivity contribution < 1.29 is 4.79 Å². The van der Waals surface area contributed by atoms with E-state index in [2.05, 4.69) is 25.7 Å². The van der Waals surface area contributed by atoms with E-state index in [9.17, 15) is 4.79 Å². The van der Waals surface area contributed by atoms with E-state index in [1.54, 1.807) is 0 Å². The van der Waals surface area contributed by atoms with Gasteiger partial charge < -0.3 is 0 Å². The predicted molar refractivity (Wildman–Crippen MR) is 68.0 cm³/mol.